The zero-order chi connectivity index (χ0) is 10.1. The van der Waals surface area contributed by atoms with Gasteiger partial charge in [0.25, 0.3) is 0 Å². The average molecular weight is 195 g/mol. The molecule has 2 aliphatic rings. The van der Waals surface area contributed by atoms with Crippen LogP contribution in [0.15, 0.2) is 12.2 Å². The topological polar surface area (TPSA) is 46.6 Å². The van der Waals surface area contributed by atoms with E-state index in [4.69, 9.17) is 0 Å². The van der Waals surface area contributed by atoms with E-state index in [0.29, 0.717) is 0 Å². The largest absolute Gasteiger partial charge is 0.467 e. The second-order valence-electron chi connectivity index (χ2n) is 3.65. The number of methoxy groups -OCH3 is 1. The molecule has 2 atom stereocenters. The lowest BCUT2D eigenvalue weighted by atomic mass is 10.1. The number of nitrogens with zero attached hydrogens (tertiary/aromatic N) is 1. The van der Waals surface area contributed by atoms with Crippen LogP contribution < -0.4 is 0 Å². The van der Waals surface area contributed by atoms with Gasteiger partial charge in [-0.1, -0.05) is 6.08 Å². The van der Waals surface area contributed by atoms with Crippen molar-refractivity contribution in [1.29, 1.82) is 0 Å². The van der Waals surface area contributed by atoms with Crippen molar-refractivity contribution in [2.24, 2.45) is 0 Å². The Balaban J connectivity index is 2.19. The van der Waals surface area contributed by atoms with E-state index in [1.54, 1.807) is 4.90 Å². The third kappa shape index (κ3) is 1.31. The quantitative estimate of drug-likeness (QED) is 0.572. The molecule has 2 unspecified atom stereocenters. The van der Waals surface area contributed by atoms with Gasteiger partial charge in [-0.2, -0.15) is 0 Å². The highest BCUT2D eigenvalue weighted by Gasteiger charge is 2.41. The Labute approximate surface area is 82.5 Å². The van der Waals surface area contributed by atoms with E-state index in [2.05, 4.69) is 4.74 Å². The molecule has 76 valence electrons. The van der Waals surface area contributed by atoms with Crippen molar-refractivity contribution in [2.45, 2.75) is 31.3 Å². The monoisotopic (exact) mass is 195 g/mol. The van der Waals surface area contributed by atoms with Crippen molar-refractivity contribution in [1.82, 2.24) is 4.90 Å². The highest BCUT2D eigenvalue weighted by Crippen LogP contribution is 2.29. The van der Waals surface area contributed by atoms with Gasteiger partial charge in [-0.25, -0.2) is 4.79 Å². The summed E-state index contributed by atoms with van der Waals surface area (Å²) in [7, 11) is 1.36. The van der Waals surface area contributed by atoms with E-state index in [-0.39, 0.29) is 24.0 Å². The fraction of sp³-hybridized carbons (Fsp3) is 0.600. The van der Waals surface area contributed by atoms with Gasteiger partial charge in [-0.3, -0.25) is 4.79 Å². The van der Waals surface area contributed by atoms with Gasteiger partial charge in [0.05, 0.1) is 7.11 Å². The van der Waals surface area contributed by atoms with Gasteiger partial charge in [0.1, 0.15) is 6.04 Å². The summed E-state index contributed by atoms with van der Waals surface area (Å²) in [5.74, 6) is -0.356. The maximum absolute atomic E-state index is 11.5. The summed E-state index contributed by atoms with van der Waals surface area (Å²) in [5, 5.41) is 0. The Hall–Kier alpha value is -1.32. The Kier molecular flexibility index (Phi) is 2.27. The summed E-state index contributed by atoms with van der Waals surface area (Å²) in [6.45, 7) is 0. The Morgan fingerprint density at radius 2 is 2.36 bits per heavy atom. The molecule has 0 saturated carbocycles. The molecule has 2 rings (SSSR count). The molecule has 0 spiro atoms. The summed E-state index contributed by atoms with van der Waals surface area (Å²) < 4.78 is 4.67. The molecule has 1 saturated heterocycles. The standard InChI is InChI=1S/C10H13NO3/c1-14-10(13)8-6-5-7-3-2-4-9(12)11(7)8/h2,4,7-8H,3,5-6H2,1H3. The normalized spacial score (nSPS) is 30.4. The molecule has 1 fully saturated rings. The minimum absolute atomic E-state index is 0.0610. The number of ether oxygens (including phenoxy) is 1. The van der Waals surface area contributed by atoms with Crippen molar-refractivity contribution in [3.05, 3.63) is 12.2 Å². The zero-order valence-corrected chi connectivity index (χ0v) is 8.10. The van der Waals surface area contributed by atoms with Crippen LogP contribution in [0.3, 0.4) is 0 Å². The number of esters is 1. The highest BCUT2D eigenvalue weighted by atomic mass is 16.5. The number of carbonyl (C=O) groups excluding carboxylic acids is 2. The molecule has 4 heteroatoms. The van der Waals surface area contributed by atoms with Gasteiger partial charge in [-0.15, -0.1) is 0 Å². The predicted molar refractivity (Wildman–Crippen MR) is 49.4 cm³/mol. The highest BCUT2D eigenvalue weighted by molar-refractivity contribution is 5.93. The molecule has 0 aromatic carbocycles. The van der Waals surface area contributed by atoms with Gasteiger partial charge < -0.3 is 9.64 Å². The van der Waals surface area contributed by atoms with E-state index in [1.165, 1.54) is 13.2 Å². The molecule has 14 heavy (non-hydrogen) atoms. The lowest BCUT2D eigenvalue weighted by Gasteiger charge is -2.29. The molecule has 1 amide bonds. The molecular weight excluding hydrogens is 182 g/mol. The predicted octanol–water partition coefficient (Wildman–Crippen LogP) is 0.479. The van der Waals surface area contributed by atoms with Crippen molar-refractivity contribution in [2.75, 3.05) is 7.11 Å². The Morgan fingerprint density at radius 3 is 3.07 bits per heavy atom. The molecular formula is C10H13NO3. The van der Waals surface area contributed by atoms with Crippen molar-refractivity contribution >= 4 is 11.9 Å². The third-order valence-electron chi connectivity index (χ3n) is 2.90. The first-order chi connectivity index (χ1) is 6.74. The molecule has 0 radical (unpaired) electrons. The minimum Gasteiger partial charge on any atom is -0.467 e. The summed E-state index contributed by atoms with van der Waals surface area (Å²) >= 11 is 0. The lowest BCUT2D eigenvalue weighted by Crippen LogP contribution is -2.45. The van der Waals surface area contributed by atoms with Crippen LogP contribution in [-0.4, -0.2) is 36.0 Å². The first-order valence-electron chi connectivity index (χ1n) is 4.80. The molecule has 0 aliphatic carbocycles. The second kappa shape index (κ2) is 3.44. The summed E-state index contributed by atoms with van der Waals surface area (Å²) in [5.41, 5.74) is 0. The van der Waals surface area contributed by atoms with E-state index < -0.39 is 0 Å². The number of carbonyl (C=O) groups is 2. The smallest absolute Gasteiger partial charge is 0.328 e. The minimum atomic E-state index is -0.359. The van der Waals surface area contributed by atoms with Crippen LogP contribution in [0, 0.1) is 0 Å². The number of fused-ring (bicyclic) bond motifs is 1. The van der Waals surface area contributed by atoms with Gasteiger partial charge in [0.2, 0.25) is 5.91 Å². The van der Waals surface area contributed by atoms with Gasteiger partial charge in [-0.05, 0) is 25.3 Å². The summed E-state index contributed by atoms with van der Waals surface area (Å²) in [6, 6.07) is -0.154. The van der Waals surface area contributed by atoms with Crippen LogP contribution in [-0.2, 0) is 14.3 Å². The Morgan fingerprint density at radius 1 is 1.57 bits per heavy atom. The maximum atomic E-state index is 11.5. The number of rotatable bonds is 1. The SMILES string of the molecule is COC(=O)C1CCC2CC=CC(=O)N21. The van der Waals surface area contributed by atoms with Gasteiger partial charge in [0.15, 0.2) is 0 Å². The van der Waals surface area contributed by atoms with E-state index in [9.17, 15) is 9.59 Å². The molecule has 0 N–H and O–H groups in total. The maximum Gasteiger partial charge on any atom is 0.328 e. The van der Waals surface area contributed by atoms with Crippen LogP contribution in [0.5, 0.6) is 0 Å². The van der Waals surface area contributed by atoms with E-state index in [1.807, 2.05) is 6.08 Å². The molecule has 0 aromatic heterocycles. The number of amides is 1. The van der Waals surface area contributed by atoms with Gasteiger partial charge in [0, 0.05) is 6.04 Å². The molecule has 4 nitrogen and oxygen atoms in total. The zero-order valence-electron chi connectivity index (χ0n) is 8.10. The summed E-state index contributed by atoms with van der Waals surface area (Å²) in [4.78, 5) is 24.6. The summed E-state index contributed by atoms with van der Waals surface area (Å²) in [6.07, 6.45) is 5.90. The average Bonchev–Trinajstić information content (AvgIpc) is 2.62. The van der Waals surface area contributed by atoms with Crippen molar-refractivity contribution in [3.63, 3.8) is 0 Å². The van der Waals surface area contributed by atoms with Crippen molar-refractivity contribution < 1.29 is 14.3 Å². The van der Waals surface area contributed by atoms with Gasteiger partial charge >= 0.3 is 5.97 Å². The van der Waals surface area contributed by atoms with Crippen LogP contribution >= 0.6 is 0 Å². The first-order valence-corrected chi connectivity index (χ1v) is 4.80. The van der Waals surface area contributed by atoms with Crippen LogP contribution in [0.25, 0.3) is 0 Å². The Bertz CT molecular complexity index is 298. The third-order valence-corrected chi connectivity index (χ3v) is 2.90. The first kappa shape index (κ1) is 9.24. The van der Waals surface area contributed by atoms with Crippen LogP contribution in [0.1, 0.15) is 19.3 Å². The molecule has 2 heterocycles. The van der Waals surface area contributed by atoms with Crippen LogP contribution in [0.4, 0.5) is 0 Å². The molecule has 2 aliphatic heterocycles. The molecule has 0 bridgehead atoms. The van der Waals surface area contributed by atoms with Crippen molar-refractivity contribution in [3.8, 4) is 0 Å². The lowest BCUT2D eigenvalue weighted by molar-refractivity contribution is -0.150. The fourth-order valence-electron chi connectivity index (χ4n) is 2.23. The number of hydrogen-bond acceptors (Lipinski definition) is 3. The van der Waals surface area contributed by atoms with E-state index in [0.717, 1.165) is 19.3 Å². The fourth-order valence-corrected chi connectivity index (χ4v) is 2.23. The number of hydrogen-bond donors (Lipinski definition) is 0. The second-order valence-corrected chi connectivity index (χ2v) is 3.65. The van der Waals surface area contributed by atoms with Crippen LogP contribution in [0.2, 0.25) is 0 Å². The van der Waals surface area contributed by atoms with E-state index >= 15 is 0 Å². The molecule has 0 aromatic rings.